The van der Waals surface area contributed by atoms with Crippen LogP contribution in [0.25, 0.3) is 11.3 Å². The fraction of sp³-hybridized carbons (Fsp3) is 0.435. The molecule has 9 heteroatoms. The molecule has 4 rings (SSSR count). The van der Waals surface area contributed by atoms with Crippen LogP contribution in [-0.2, 0) is 22.6 Å². The molecule has 2 aromatic heterocycles. The number of aryl methyl sites for hydroxylation is 2. The molecule has 1 atom stereocenters. The van der Waals surface area contributed by atoms with Gasteiger partial charge in [-0.1, -0.05) is 40.6 Å². The molecular formula is C23H27N5O4. The van der Waals surface area contributed by atoms with Gasteiger partial charge in [-0.05, 0) is 33.1 Å². The van der Waals surface area contributed by atoms with Gasteiger partial charge in [-0.25, -0.2) is 9.61 Å². The summed E-state index contributed by atoms with van der Waals surface area (Å²) < 4.78 is 10.5. The predicted molar refractivity (Wildman–Crippen MR) is 115 cm³/mol. The fourth-order valence-electron chi connectivity index (χ4n) is 4.03. The summed E-state index contributed by atoms with van der Waals surface area (Å²) in [5.41, 5.74) is 1.24. The number of benzene rings is 1. The lowest BCUT2D eigenvalue weighted by Gasteiger charge is -2.43. The van der Waals surface area contributed by atoms with Crippen LogP contribution in [0.2, 0.25) is 0 Å². The fourth-order valence-corrected chi connectivity index (χ4v) is 4.03. The second kappa shape index (κ2) is 9.33. The second-order valence-electron chi connectivity index (χ2n) is 8.24. The maximum absolute atomic E-state index is 13.1. The van der Waals surface area contributed by atoms with Crippen molar-refractivity contribution in [3.63, 3.8) is 0 Å². The summed E-state index contributed by atoms with van der Waals surface area (Å²) >= 11 is 0. The van der Waals surface area contributed by atoms with Crippen LogP contribution in [0.1, 0.15) is 49.9 Å². The van der Waals surface area contributed by atoms with Crippen molar-refractivity contribution in [2.24, 2.45) is 0 Å². The number of oxazole rings is 1. The highest BCUT2D eigenvalue weighted by molar-refractivity contribution is 5.91. The van der Waals surface area contributed by atoms with Crippen LogP contribution in [0.3, 0.4) is 0 Å². The largest absolute Gasteiger partial charge is 0.441 e. The third-order valence-electron chi connectivity index (χ3n) is 6.01. The van der Waals surface area contributed by atoms with Gasteiger partial charge >= 0.3 is 0 Å². The van der Waals surface area contributed by atoms with Crippen molar-refractivity contribution in [3.8, 4) is 11.3 Å². The molecule has 3 aromatic rings. The Hall–Kier alpha value is -3.49. The van der Waals surface area contributed by atoms with E-state index in [4.69, 9.17) is 4.42 Å². The molecule has 1 aromatic carbocycles. The molecule has 1 aliphatic heterocycles. The van der Waals surface area contributed by atoms with Gasteiger partial charge in [0.1, 0.15) is 16.9 Å². The Balaban J connectivity index is 1.38. The van der Waals surface area contributed by atoms with E-state index in [1.54, 1.807) is 18.0 Å². The standard InChI is InChI=1S/C23H27N5O4/c1-16-18(27-32-26-16)14-25-22(30)23(2)12-6-7-13-28(23)21(29)11-10-20-24-15-19(31-20)17-8-4-3-5-9-17/h3-5,8-9,15H,6-7,10-14H2,1-2H3,(H,25,30). The SMILES string of the molecule is Cc1nonc1CNC(=O)C1(C)CCCCN1C(=O)CCc1ncc(-c2ccccc2)o1. The van der Waals surface area contributed by atoms with Gasteiger partial charge < -0.3 is 14.6 Å². The minimum atomic E-state index is -0.911. The summed E-state index contributed by atoms with van der Waals surface area (Å²) in [6, 6.07) is 9.70. The summed E-state index contributed by atoms with van der Waals surface area (Å²) in [5, 5.41) is 10.4. The van der Waals surface area contributed by atoms with E-state index in [0.717, 1.165) is 18.4 Å². The first-order valence-corrected chi connectivity index (χ1v) is 10.8. The summed E-state index contributed by atoms with van der Waals surface area (Å²) in [7, 11) is 0. The molecule has 1 saturated heterocycles. The topological polar surface area (TPSA) is 114 Å². The van der Waals surface area contributed by atoms with Gasteiger partial charge in [0, 0.05) is 24.9 Å². The van der Waals surface area contributed by atoms with Crippen LogP contribution in [0.4, 0.5) is 0 Å². The Morgan fingerprint density at radius 2 is 2.00 bits per heavy atom. The minimum Gasteiger partial charge on any atom is -0.441 e. The van der Waals surface area contributed by atoms with E-state index >= 15 is 0 Å². The van der Waals surface area contributed by atoms with E-state index in [1.807, 2.05) is 37.3 Å². The number of hydrogen-bond acceptors (Lipinski definition) is 7. The van der Waals surface area contributed by atoms with E-state index in [0.29, 0.717) is 42.4 Å². The predicted octanol–water partition coefficient (Wildman–Crippen LogP) is 3.05. The molecule has 0 spiro atoms. The number of piperidine rings is 1. The lowest BCUT2D eigenvalue weighted by molar-refractivity contribution is -0.149. The second-order valence-corrected chi connectivity index (χ2v) is 8.24. The first kappa shape index (κ1) is 21.7. The number of nitrogens with one attached hydrogen (secondary N) is 1. The van der Waals surface area contributed by atoms with Gasteiger partial charge in [0.2, 0.25) is 11.8 Å². The number of likely N-dealkylation sites (tertiary alicyclic amines) is 1. The third kappa shape index (κ3) is 4.56. The third-order valence-corrected chi connectivity index (χ3v) is 6.01. The molecule has 0 bridgehead atoms. The van der Waals surface area contributed by atoms with Crippen molar-refractivity contribution in [1.29, 1.82) is 0 Å². The normalized spacial score (nSPS) is 18.5. The highest BCUT2D eigenvalue weighted by Crippen LogP contribution is 2.29. The lowest BCUT2D eigenvalue weighted by Crippen LogP contribution is -2.60. The monoisotopic (exact) mass is 437 g/mol. The van der Waals surface area contributed by atoms with Crippen LogP contribution >= 0.6 is 0 Å². The Bertz CT molecular complexity index is 1080. The van der Waals surface area contributed by atoms with Gasteiger partial charge in [0.05, 0.1) is 12.7 Å². The van der Waals surface area contributed by atoms with E-state index < -0.39 is 5.54 Å². The van der Waals surface area contributed by atoms with Gasteiger partial charge in [0.25, 0.3) is 0 Å². The quantitative estimate of drug-likeness (QED) is 0.604. The average molecular weight is 438 g/mol. The number of nitrogens with zero attached hydrogens (tertiary/aromatic N) is 4. The Morgan fingerprint density at radius 3 is 2.75 bits per heavy atom. The summed E-state index contributed by atoms with van der Waals surface area (Å²) in [6.45, 7) is 4.35. The molecule has 1 unspecified atom stereocenters. The van der Waals surface area contributed by atoms with Gasteiger partial charge in [-0.3, -0.25) is 9.59 Å². The Morgan fingerprint density at radius 1 is 1.19 bits per heavy atom. The van der Waals surface area contributed by atoms with E-state index in [-0.39, 0.29) is 24.8 Å². The highest BCUT2D eigenvalue weighted by atomic mass is 16.6. The molecule has 0 radical (unpaired) electrons. The average Bonchev–Trinajstić information content (AvgIpc) is 3.45. The smallest absolute Gasteiger partial charge is 0.246 e. The molecule has 9 nitrogen and oxygen atoms in total. The van der Waals surface area contributed by atoms with E-state index in [1.165, 1.54) is 0 Å². The maximum Gasteiger partial charge on any atom is 0.246 e. The number of carbonyl (C=O) groups excluding carboxylic acids is 2. The summed E-state index contributed by atoms with van der Waals surface area (Å²) in [4.78, 5) is 32.2. The van der Waals surface area contributed by atoms with Gasteiger partial charge in [0.15, 0.2) is 11.7 Å². The number of amides is 2. The number of aromatic nitrogens is 3. The lowest BCUT2D eigenvalue weighted by atomic mass is 9.87. The molecule has 1 aliphatic rings. The zero-order chi connectivity index (χ0) is 22.6. The molecule has 0 saturated carbocycles. The van der Waals surface area contributed by atoms with Crippen molar-refractivity contribution in [3.05, 3.63) is 53.8 Å². The van der Waals surface area contributed by atoms with Crippen molar-refractivity contribution < 1.29 is 18.6 Å². The van der Waals surface area contributed by atoms with Crippen LogP contribution in [0.5, 0.6) is 0 Å². The Kier molecular flexibility index (Phi) is 6.34. The number of carbonyl (C=O) groups is 2. The van der Waals surface area contributed by atoms with Crippen molar-refractivity contribution >= 4 is 11.8 Å². The first-order valence-electron chi connectivity index (χ1n) is 10.8. The first-order chi connectivity index (χ1) is 15.5. The van der Waals surface area contributed by atoms with Crippen molar-refractivity contribution in [1.82, 2.24) is 25.5 Å². The van der Waals surface area contributed by atoms with Crippen molar-refractivity contribution in [2.45, 2.75) is 58.0 Å². The molecule has 1 fully saturated rings. The molecular weight excluding hydrogens is 410 g/mol. The zero-order valence-corrected chi connectivity index (χ0v) is 18.3. The van der Waals surface area contributed by atoms with Crippen LogP contribution in [-0.4, -0.2) is 44.1 Å². The number of rotatable bonds is 7. The van der Waals surface area contributed by atoms with E-state index in [9.17, 15) is 9.59 Å². The van der Waals surface area contributed by atoms with Crippen LogP contribution < -0.4 is 5.32 Å². The van der Waals surface area contributed by atoms with Crippen molar-refractivity contribution in [2.75, 3.05) is 6.54 Å². The van der Waals surface area contributed by atoms with E-state index in [2.05, 4.69) is 25.2 Å². The molecule has 2 amide bonds. The van der Waals surface area contributed by atoms with Gasteiger partial charge in [-0.15, -0.1) is 0 Å². The van der Waals surface area contributed by atoms with Crippen LogP contribution in [0.15, 0.2) is 45.6 Å². The Labute approximate surface area is 186 Å². The molecule has 168 valence electrons. The highest BCUT2D eigenvalue weighted by Gasteiger charge is 2.43. The molecule has 32 heavy (non-hydrogen) atoms. The molecule has 1 N–H and O–H groups in total. The van der Waals surface area contributed by atoms with Crippen LogP contribution in [0, 0.1) is 6.92 Å². The maximum atomic E-state index is 13.1. The molecule has 3 heterocycles. The minimum absolute atomic E-state index is 0.0823. The summed E-state index contributed by atoms with van der Waals surface area (Å²) in [5.74, 6) is 0.902. The summed E-state index contributed by atoms with van der Waals surface area (Å²) in [6.07, 6.45) is 4.65. The number of hydrogen-bond donors (Lipinski definition) is 1. The zero-order valence-electron chi connectivity index (χ0n) is 18.3. The molecule has 0 aliphatic carbocycles. The van der Waals surface area contributed by atoms with Gasteiger partial charge in [-0.2, -0.15) is 0 Å².